The highest BCUT2D eigenvalue weighted by atomic mass is 16.3. The Labute approximate surface area is 160 Å². The van der Waals surface area contributed by atoms with Gasteiger partial charge in [0.25, 0.3) is 0 Å². The fourth-order valence-corrected chi connectivity index (χ4v) is 7.05. The van der Waals surface area contributed by atoms with Crippen molar-refractivity contribution in [3.8, 4) is 0 Å². The van der Waals surface area contributed by atoms with Gasteiger partial charge in [-0.15, -0.1) is 0 Å². The Balaban J connectivity index is 1.50. The summed E-state index contributed by atoms with van der Waals surface area (Å²) in [6, 6.07) is 0. The molecule has 26 heavy (non-hydrogen) atoms. The van der Waals surface area contributed by atoms with Crippen LogP contribution >= 0.6 is 0 Å². The zero-order chi connectivity index (χ0) is 18.6. The van der Waals surface area contributed by atoms with Gasteiger partial charge in [0, 0.05) is 0 Å². The number of hydrogen-bond donors (Lipinski definition) is 1. The van der Waals surface area contributed by atoms with Gasteiger partial charge in [0.15, 0.2) is 0 Å². The highest BCUT2D eigenvalue weighted by Crippen LogP contribution is 2.60. The van der Waals surface area contributed by atoms with E-state index in [1.54, 1.807) is 0 Å². The van der Waals surface area contributed by atoms with Gasteiger partial charge in [0.2, 0.25) is 0 Å². The lowest BCUT2D eigenvalue weighted by molar-refractivity contribution is -0.0245. The highest BCUT2D eigenvalue weighted by Gasteiger charge is 2.49. The predicted octanol–water partition coefficient (Wildman–Crippen LogP) is 6.59. The molecule has 0 spiro atoms. The van der Waals surface area contributed by atoms with Gasteiger partial charge >= 0.3 is 0 Å². The first kappa shape index (κ1) is 18.5. The molecule has 1 atom stereocenters. The van der Waals surface area contributed by atoms with Crippen LogP contribution in [0.1, 0.15) is 85.5 Å². The number of allylic oxidation sites excluding steroid dienone is 4. The maximum absolute atomic E-state index is 11.0. The Morgan fingerprint density at radius 1 is 1.00 bits per heavy atom. The van der Waals surface area contributed by atoms with Crippen LogP contribution in [0.15, 0.2) is 35.5 Å². The first-order chi connectivity index (χ1) is 12.2. The topological polar surface area (TPSA) is 20.2 Å². The molecule has 0 radical (unpaired) electrons. The summed E-state index contributed by atoms with van der Waals surface area (Å²) in [5, 5.41) is 11.0. The van der Waals surface area contributed by atoms with Gasteiger partial charge in [0.1, 0.15) is 0 Å². The Bertz CT molecular complexity index is 608. The maximum Gasteiger partial charge on any atom is 0.0983 e. The Morgan fingerprint density at radius 3 is 2.12 bits per heavy atom. The molecule has 4 saturated carbocycles. The van der Waals surface area contributed by atoms with E-state index in [9.17, 15) is 5.11 Å². The molecule has 144 valence electrons. The molecule has 1 heteroatoms. The van der Waals surface area contributed by atoms with Gasteiger partial charge in [-0.3, -0.25) is 0 Å². The average molecular weight is 355 g/mol. The lowest BCUT2D eigenvalue weighted by Crippen LogP contribution is -2.45. The molecule has 0 aromatic carbocycles. The summed E-state index contributed by atoms with van der Waals surface area (Å²) in [4.78, 5) is 0. The van der Waals surface area contributed by atoms with Crippen LogP contribution in [0.25, 0.3) is 0 Å². The molecular weight excluding hydrogens is 316 g/mol. The fraction of sp³-hybridized carbons (Fsp3) is 0.760. The molecule has 0 heterocycles. The van der Waals surface area contributed by atoms with Gasteiger partial charge in [-0.25, -0.2) is 0 Å². The standard InChI is InChI=1S/C25H38O/c1-18-6-5-8-23(2,3)22(18)7-9-24(4,26)10-11-25-15-19-12-20(16-25)14-21(13-19)17-25/h7,9-11,19-21,26H,5-6,8,12-17H2,1-4H3/b9-7+,11-10+. The van der Waals surface area contributed by atoms with Crippen LogP contribution < -0.4 is 0 Å². The summed E-state index contributed by atoms with van der Waals surface area (Å²) in [5.41, 5.74) is 2.72. The van der Waals surface area contributed by atoms with Gasteiger partial charge in [-0.2, -0.15) is 0 Å². The van der Waals surface area contributed by atoms with E-state index in [2.05, 4.69) is 39.0 Å². The smallest absolute Gasteiger partial charge is 0.0983 e. The number of aliphatic hydroxyl groups is 1. The van der Waals surface area contributed by atoms with Crippen molar-refractivity contribution in [3.05, 3.63) is 35.5 Å². The highest BCUT2D eigenvalue weighted by molar-refractivity contribution is 5.34. The molecule has 4 fully saturated rings. The molecule has 0 amide bonds. The first-order valence-corrected chi connectivity index (χ1v) is 11.0. The molecule has 0 aromatic heterocycles. The van der Waals surface area contributed by atoms with E-state index in [1.165, 1.54) is 68.9 Å². The Kier molecular flexibility index (Phi) is 4.54. The number of rotatable bonds is 4. The van der Waals surface area contributed by atoms with Crippen LogP contribution in [0.2, 0.25) is 0 Å². The van der Waals surface area contributed by atoms with Gasteiger partial charge < -0.3 is 5.11 Å². The van der Waals surface area contributed by atoms with Crippen molar-refractivity contribution in [2.75, 3.05) is 0 Å². The zero-order valence-corrected chi connectivity index (χ0v) is 17.4. The van der Waals surface area contributed by atoms with Crippen LogP contribution in [0.5, 0.6) is 0 Å². The quantitative estimate of drug-likeness (QED) is 0.564. The van der Waals surface area contributed by atoms with Crippen molar-refractivity contribution < 1.29 is 5.11 Å². The van der Waals surface area contributed by atoms with Crippen LogP contribution in [-0.4, -0.2) is 10.7 Å². The van der Waals surface area contributed by atoms with Gasteiger partial charge in [0.05, 0.1) is 5.60 Å². The van der Waals surface area contributed by atoms with Crippen molar-refractivity contribution in [3.63, 3.8) is 0 Å². The maximum atomic E-state index is 11.0. The Morgan fingerprint density at radius 2 is 1.58 bits per heavy atom. The molecule has 1 N–H and O–H groups in total. The van der Waals surface area contributed by atoms with Gasteiger partial charge in [-0.1, -0.05) is 37.6 Å². The average Bonchev–Trinajstić information content (AvgIpc) is 2.51. The van der Waals surface area contributed by atoms with Crippen molar-refractivity contribution in [1.82, 2.24) is 0 Å². The minimum Gasteiger partial charge on any atom is -0.382 e. The van der Waals surface area contributed by atoms with E-state index in [1.807, 2.05) is 13.0 Å². The minimum atomic E-state index is -0.843. The molecule has 0 aromatic rings. The predicted molar refractivity (Wildman–Crippen MR) is 110 cm³/mol. The molecule has 5 rings (SSSR count). The van der Waals surface area contributed by atoms with E-state index >= 15 is 0 Å². The van der Waals surface area contributed by atoms with Crippen LogP contribution in [-0.2, 0) is 0 Å². The van der Waals surface area contributed by atoms with E-state index in [4.69, 9.17) is 0 Å². The van der Waals surface area contributed by atoms with Crippen molar-refractivity contribution >= 4 is 0 Å². The van der Waals surface area contributed by atoms with Crippen molar-refractivity contribution in [2.24, 2.45) is 28.6 Å². The molecule has 1 unspecified atom stereocenters. The van der Waals surface area contributed by atoms with E-state index in [-0.39, 0.29) is 5.41 Å². The molecule has 0 aliphatic heterocycles. The monoisotopic (exact) mass is 354 g/mol. The fourth-order valence-electron chi connectivity index (χ4n) is 7.05. The van der Waals surface area contributed by atoms with Crippen LogP contribution in [0.4, 0.5) is 0 Å². The lowest BCUT2D eigenvalue weighted by Gasteiger charge is -2.56. The molecular formula is C25H38O. The second kappa shape index (κ2) is 6.36. The minimum absolute atomic E-state index is 0.235. The van der Waals surface area contributed by atoms with Crippen molar-refractivity contribution in [2.45, 2.75) is 91.1 Å². The summed E-state index contributed by atoms with van der Waals surface area (Å²) in [6.45, 7) is 8.90. The van der Waals surface area contributed by atoms with E-state index in [0.717, 1.165) is 17.8 Å². The van der Waals surface area contributed by atoms with Crippen molar-refractivity contribution in [1.29, 1.82) is 0 Å². The summed E-state index contributed by atoms with van der Waals surface area (Å²) >= 11 is 0. The molecule has 0 saturated heterocycles. The summed E-state index contributed by atoms with van der Waals surface area (Å²) in [6.07, 6.45) is 21.1. The third kappa shape index (κ3) is 3.61. The second-order valence-electron chi connectivity index (χ2n) is 11.1. The first-order valence-electron chi connectivity index (χ1n) is 11.0. The van der Waals surface area contributed by atoms with E-state index in [0.29, 0.717) is 5.41 Å². The summed E-state index contributed by atoms with van der Waals surface area (Å²) in [7, 11) is 0. The normalized spacial score (nSPS) is 41.3. The third-order valence-electron chi connectivity index (χ3n) is 7.99. The zero-order valence-electron chi connectivity index (χ0n) is 17.4. The molecule has 5 aliphatic rings. The second-order valence-corrected chi connectivity index (χ2v) is 11.1. The third-order valence-corrected chi connectivity index (χ3v) is 7.99. The summed E-state index contributed by atoms with van der Waals surface area (Å²) in [5.74, 6) is 2.88. The largest absolute Gasteiger partial charge is 0.382 e. The molecule has 4 bridgehead atoms. The van der Waals surface area contributed by atoms with Gasteiger partial charge in [-0.05, 0) is 112 Å². The SMILES string of the molecule is CC1=C(/C=C/C(C)(O)/C=C/C23CC4CC(CC(C4)C2)C3)C(C)(C)CCC1. The number of hydrogen-bond acceptors (Lipinski definition) is 1. The molecule has 1 nitrogen and oxygen atoms in total. The lowest BCUT2D eigenvalue weighted by atomic mass is 9.49. The molecule has 5 aliphatic carbocycles. The van der Waals surface area contributed by atoms with Crippen LogP contribution in [0, 0.1) is 28.6 Å². The Hall–Kier alpha value is -0.820. The van der Waals surface area contributed by atoms with E-state index < -0.39 is 5.60 Å². The van der Waals surface area contributed by atoms with Crippen LogP contribution in [0.3, 0.4) is 0 Å². The summed E-state index contributed by atoms with van der Waals surface area (Å²) < 4.78 is 0.